The summed E-state index contributed by atoms with van der Waals surface area (Å²) in [5, 5.41) is 19.3. The topological polar surface area (TPSA) is 163 Å². The average molecular weight is 583 g/mol. The van der Waals surface area contributed by atoms with E-state index in [4.69, 9.17) is 9.47 Å². The van der Waals surface area contributed by atoms with Crippen LogP contribution in [0.1, 0.15) is 98.3 Å². The number of hydrogen-bond donors (Lipinski definition) is 4. The van der Waals surface area contributed by atoms with Gasteiger partial charge in [0.15, 0.2) is 11.9 Å². The number of aliphatic hydroxyl groups is 1. The fourth-order valence-electron chi connectivity index (χ4n) is 5.52. The first kappa shape index (κ1) is 34.3. The van der Waals surface area contributed by atoms with Gasteiger partial charge in [0.2, 0.25) is 5.91 Å². The Hall–Kier alpha value is -2.89. The summed E-state index contributed by atoms with van der Waals surface area (Å²) in [4.78, 5) is 65.0. The minimum Gasteiger partial charge on any atom is -0.453 e. The molecule has 0 radical (unpaired) electrons. The zero-order valence-corrected chi connectivity index (χ0v) is 25.3. The van der Waals surface area contributed by atoms with Crippen LogP contribution < -0.4 is 16.0 Å². The van der Waals surface area contributed by atoms with Crippen LogP contribution in [0.4, 0.5) is 9.59 Å². The normalized spacial score (nSPS) is 19.4. The molecule has 12 heteroatoms. The number of carbonyl (C=O) groups is 5. The maximum absolute atomic E-state index is 13.7. The minimum atomic E-state index is -1.58. The van der Waals surface area contributed by atoms with Gasteiger partial charge in [-0.25, -0.2) is 9.59 Å². The lowest BCUT2D eigenvalue weighted by molar-refractivity contribution is -0.137. The molecular weight excluding hydrogens is 532 g/mol. The monoisotopic (exact) mass is 582 g/mol. The SMILES string of the molecule is CCCCC[C@H](NC(=O)[C@@H](O)[C@@H](NC(=O)C1(NC(=O)OC2CCN(C(=O)OC)CC2)CCCCC1)C(C)C)C(C)=O. The second-order valence-corrected chi connectivity index (χ2v) is 11.7. The summed E-state index contributed by atoms with van der Waals surface area (Å²) in [5.41, 5.74) is -1.24. The predicted octanol–water partition coefficient (Wildman–Crippen LogP) is 2.80. The minimum absolute atomic E-state index is 0.188. The molecule has 0 aromatic heterocycles. The molecule has 1 saturated heterocycles. The molecular formula is C29H50N4O8. The van der Waals surface area contributed by atoms with Crippen molar-refractivity contribution in [3.8, 4) is 0 Å². The van der Waals surface area contributed by atoms with Crippen LogP contribution in [-0.4, -0.2) is 89.8 Å². The maximum Gasteiger partial charge on any atom is 0.409 e. The van der Waals surface area contributed by atoms with E-state index in [1.54, 1.807) is 18.7 Å². The van der Waals surface area contributed by atoms with Gasteiger partial charge >= 0.3 is 12.2 Å². The van der Waals surface area contributed by atoms with Gasteiger partial charge in [-0.05, 0) is 32.1 Å². The molecule has 0 aromatic rings. The molecule has 0 aromatic carbocycles. The number of methoxy groups -OCH3 is 1. The number of unbranched alkanes of at least 4 members (excludes halogenated alkanes) is 2. The number of nitrogens with one attached hydrogen (secondary N) is 3. The largest absolute Gasteiger partial charge is 0.453 e. The Morgan fingerprint density at radius 1 is 1.00 bits per heavy atom. The van der Waals surface area contributed by atoms with Crippen molar-refractivity contribution in [3.05, 3.63) is 0 Å². The third kappa shape index (κ3) is 10.2. The lowest BCUT2D eigenvalue weighted by atomic mass is 9.80. The molecule has 0 spiro atoms. The van der Waals surface area contributed by atoms with Crippen molar-refractivity contribution in [1.82, 2.24) is 20.9 Å². The van der Waals surface area contributed by atoms with E-state index < -0.39 is 53.8 Å². The number of amides is 4. The third-order valence-electron chi connectivity index (χ3n) is 8.16. The first-order chi connectivity index (χ1) is 19.4. The molecule has 2 aliphatic rings. The Kier molecular flexibility index (Phi) is 13.8. The van der Waals surface area contributed by atoms with Crippen LogP contribution in [0.25, 0.3) is 0 Å². The molecule has 3 atom stereocenters. The molecule has 0 unspecified atom stereocenters. The van der Waals surface area contributed by atoms with E-state index in [1.807, 2.05) is 6.92 Å². The van der Waals surface area contributed by atoms with Crippen molar-refractivity contribution in [1.29, 1.82) is 0 Å². The zero-order valence-electron chi connectivity index (χ0n) is 25.3. The standard InChI is InChI=1S/C29H50N4O8/c1-6-7-9-12-22(20(4)34)30-25(36)24(35)23(19(2)3)31-26(37)29(15-10-8-11-16-29)32-27(38)41-21-13-17-33(18-14-21)28(39)40-5/h19,21-24,35H,6-18H2,1-5H3,(H,30,36)(H,31,37)(H,32,38)/t22-,23-,24-/m0/s1. The van der Waals surface area contributed by atoms with E-state index in [2.05, 4.69) is 16.0 Å². The van der Waals surface area contributed by atoms with Crippen LogP contribution in [0.5, 0.6) is 0 Å². The summed E-state index contributed by atoms with van der Waals surface area (Å²) >= 11 is 0. The van der Waals surface area contributed by atoms with Gasteiger partial charge in [0, 0.05) is 25.9 Å². The van der Waals surface area contributed by atoms with E-state index >= 15 is 0 Å². The summed E-state index contributed by atoms with van der Waals surface area (Å²) in [6.07, 6.45) is 4.10. The van der Waals surface area contributed by atoms with E-state index in [0.717, 1.165) is 38.5 Å². The Morgan fingerprint density at radius 3 is 2.17 bits per heavy atom. The lowest BCUT2D eigenvalue weighted by Crippen LogP contribution is -2.64. The van der Waals surface area contributed by atoms with Crippen molar-refractivity contribution in [2.45, 2.75) is 128 Å². The highest BCUT2D eigenvalue weighted by Gasteiger charge is 2.44. The fourth-order valence-corrected chi connectivity index (χ4v) is 5.52. The number of carbonyl (C=O) groups excluding carboxylic acids is 5. The van der Waals surface area contributed by atoms with Crippen LogP contribution in [0.15, 0.2) is 0 Å². The molecule has 1 heterocycles. The number of nitrogens with zero attached hydrogens (tertiary/aromatic N) is 1. The quantitative estimate of drug-likeness (QED) is 0.241. The number of alkyl carbamates (subject to hydrolysis) is 1. The average Bonchev–Trinajstić information content (AvgIpc) is 2.94. The summed E-state index contributed by atoms with van der Waals surface area (Å²) in [6.45, 7) is 7.81. The van der Waals surface area contributed by atoms with Crippen molar-refractivity contribution < 1.29 is 38.6 Å². The summed E-state index contributed by atoms with van der Waals surface area (Å²) in [7, 11) is 1.32. The highest BCUT2D eigenvalue weighted by molar-refractivity contribution is 5.92. The number of piperidine rings is 1. The van der Waals surface area contributed by atoms with Crippen molar-refractivity contribution in [2.24, 2.45) is 5.92 Å². The van der Waals surface area contributed by atoms with E-state index in [1.165, 1.54) is 14.0 Å². The van der Waals surface area contributed by atoms with E-state index in [0.29, 0.717) is 45.2 Å². The smallest absolute Gasteiger partial charge is 0.409 e. The van der Waals surface area contributed by atoms with E-state index in [-0.39, 0.29) is 11.7 Å². The van der Waals surface area contributed by atoms with Gasteiger partial charge in [-0.2, -0.15) is 0 Å². The molecule has 234 valence electrons. The number of likely N-dealkylation sites (tertiary alicyclic amines) is 1. The lowest BCUT2D eigenvalue weighted by Gasteiger charge is -2.39. The van der Waals surface area contributed by atoms with Gasteiger partial charge in [-0.1, -0.05) is 59.3 Å². The second kappa shape index (κ2) is 16.5. The van der Waals surface area contributed by atoms with Crippen LogP contribution >= 0.6 is 0 Å². The number of ether oxygens (including phenoxy) is 2. The van der Waals surface area contributed by atoms with E-state index in [9.17, 15) is 29.1 Å². The number of ketones is 1. The van der Waals surface area contributed by atoms with Crippen LogP contribution in [0.2, 0.25) is 0 Å². The number of hydrogen-bond acceptors (Lipinski definition) is 8. The zero-order chi connectivity index (χ0) is 30.6. The fraction of sp³-hybridized carbons (Fsp3) is 0.828. The molecule has 1 aliphatic carbocycles. The highest BCUT2D eigenvalue weighted by Crippen LogP contribution is 2.30. The Balaban J connectivity index is 2.06. The Labute approximate surface area is 243 Å². The van der Waals surface area contributed by atoms with Gasteiger partial charge in [0.25, 0.3) is 5.91 Å². The predicted molar refractivity (Wildman–Crippen MR) is 152 cm³/mol. The van der Waals surface area contributed by atoms with Gasteiger partial charge in [0.05, 0.1) is 19.2 Å². The maximum atomic E-state index is 13.7. The van der Waals surface area contributed by atoms with Crippen LogP contribution in [0, 0.1) is 5.92 Å². The van der Waals surface area contributed by atoms with Gasteiger partial charge in [-0.15, -0.1) is 0 Å². The van der Waals surface area contributed by atoms with Gasteiger partial charge in [-0.3, -0.25) is 14.4 Å². The van der Waals surface area contributed by atoms with Gasteiger partial charge < -0.3 is 35.4 Å². The molecule has 0 bridgehead atoms. The third-order valence-corrected chi connectivity index (χ3v) is 8.16. The van der Waals surface area contributed by atoms with Crippen LogP contribution in [0.3, 0.4) is 0 Å². The Bertz CT molecular complexity index is 897. The number of rotatable bonds is 13. The molecule has 12 nitrogen and oxygen atoms in total. The Morgan fingerprint density at radius 2 is 1.63 bits per heavy atom. The van der Waals surface area contributed by atoms with Gasteiger partial charge in [0.1, 0.15) is 11.6 Å². The number of Topliss-reactive ketones (excluding diaryl/α,β-unsaturated/α-hetero) is 1. The molecule has 4 N–H and O–H groups in total. The molecule has 2 fully saturated rings. The first-order valence-corrected chi connectivity index (χ1v) is 15.1. The first-order valence-electron chi connectivity index (χ1n) is 15.1. The molecule has 41 heavy (non-hydrogen) atoms. The molecule has 4 amide bonds. The van der Waals surface area contributed by atoms with Crippen molar-refractivity contribution in [2.75, 3.05) is 20.2 Å². The molecule has 1 saturated carbocycles. The number of aliphatic hydroxyl groups excluding tert-OH is 1. The summed E-state index contributed by atoms with van der Waals surface area (Å²) in [5.74, 6) is -1.70. The van der Waals surface area contributed by atoms with Crippen molar-refractivity contribution in [3.63, 3.8) is 0 Å². The second-order valence-electron chi connectivity index (χ2n) is 11.7. The summed E-state index contributed by atoms with van der Waals surface area (Å²) in [6, 6.07) is -1.64. The highest BCUT2D eigenvalue weighted by atomic mass is 16.6. The van der Waals surface area contributed by atoms with Crippen LogP contribution in [-0.2, 0) is 23.9 Å². The summed E-state index contributed by atoms with van der Waals surface area (Å²) < 4.78 is 10.4. The molecule has 2 rings (SSSR count). The molecule has 1 aliphatic heterocycles. The van der Waals surface area contributed by atoms with Crippen molar-refractivity contribution >= 4 is 29.8 Å².